The van der Waals surface area contributed by atoms with E-state index in [-0.39, 0.29) is 45.4 Å². The number of hydrogen-bond donors (Lipinski definition) is 3. The van der Waals surface area contributed by atoms with Gasteiger partial charge in [-0.25, -0.2) is 0 Å². The Balaban J connectivity index is 0.000000583. The molecule has 1 atom stereocenters. The van der Waals surface area contributed by atoms with E-state index < -0.39 is 0 Å². The van der Waals surface area contributed by atoms with Gasteiger partial charge in [0, 0.05) is 45.4 Å². The van der Waals surface area contributed by atoms with Crippen LogP contribution >= 0.6 is 0 Å². The first kappa shape index (κ1) is 16.8. The second-order valence-electron chi connectivity index (χ2n) is 3.74. The van der Waals surface area contributed by atoms with Crippen LogP contribution in [0.25, 0.3) is 6.08 Å². The van der Waals surface area contributed by atoms with Crippen molar-refractivity contribution >= 4 is 6.08 Å². The zero-order valence-corrected chi connectivity index (χ0v) is 13.0. The molecular formula is C13H19NO2Y. The molecule has 17 heavy (non-hydrogen) atoms. The molecule has 1 aliphatic rings. The zero-order valence-electron chi connectivity index (χ0n) is 10.1. The number of aliphatic hydroxyl groups excluding tert-OH is 2. The quantitative estimate of drug-likeness (QED) is 0.696. The van der Waals surface area contributed by atoms with Gasteiger partial charge >= 0.3 is 0 Å². The monoisotopic (exact) mass is 310 g/mol. The van der Waals surface area contributed by atoms with E-state index in [1.807, 2.05) is 6.07 Å². The molecule has 2 rings (SSSR count). The number of nitrogens with two attached hydrogens (primary N) is 1. The summed E-state index contributed by atoms with van der Waals surface area (Å²) in [6.45, 7) is 1.93. The Bertz CT molecular complexity index is 366. The van der Waals surface area contributed by atoms with Crippen molar-refractivity contribution in [3.63, 3.8) is 0 Å². The Labute approximate surface area is 128 Å². The molecule has 91 valence electrons. The van der Waals surface area contributed by atoms with Crippen molar-refractivity contribution in [1.82, 2.24) is 0 Å². The Morgan fingerprint density at radius 2 is 2.12 bits per heavy atom. The summed E-state index contributed by atoms with van der Waals surface area (Å²) in [5, 5.41) is 16.2. The third kappa shape index (κ3) is 4.88. The predicted octanol–water partition coefficient (Wildman–Crippen LogP) is 2.16. The third-order valence-electron chi connectivity index (χ3n) is 2.56. The van der Waals surface area contributed by atoms with E-state index in [4.69, 9.17) is 15.9 Å². The molecule has 0 bridgehead atoms. The number of aryl methyl sites for hydroxylation is 1. The van der Waals surface area contributed by atoms with Gasteiger partial charge in [0.25, 0.3) is 0 Å². The summed E-state index contributed by atoms with van der Waals surface area (Å²) in [6.07, 6.45) is 4.85. The third-order valence-corrected chi connectivity index (χ3v) is 2.56. The van der Waals surface area contributed by atoms with Crippen LogP contribution in [-0.2, 0) is 39.1 Å². The van der Waals surface area contributed by atoms with Crippen LogP contribution in [0.1, 0.15) is 36.1 Å². The molecule has 0 heterocycles. The van der Waals surface area contributed by atoms with Gasteiger partial charge in [-0.2, -0.15) is 0 Å². The predicted molar refractivity (Wildman–Crippen MR) is 66.1 cm³/mol. The van der Waals surface area contributed by atoms with Gasteiger partial charge in [0.15, 0.2) is 0 Å². The van der Waals surface area contributed by atoms with Crippen LogP contribution < -0.4 is 5.73 Å². The number of hydrogen-bond acceptors (Lipinski definition) is 3. The second-order valence-corrected chi connectivity index (χ2v) is 3.74. The Morgan fingerprint density at radius 1 is 1.47 bits per heavy atom. The Hall–Kier alpha value is -0.216. The van der Waals surface area contributed by atoms with Crippen LogP contribution in [0.2, 0.25) is 0 Å². The van der Waals surface area contributed by atoms with E-state index in [1.165, 1.54) is 11.1 Å². The van der Waals surface area contributed by atoms with Crippen molar-refractivity contribution in [2.24, 2.45) is 5.73 Å². The van der Waals surface area contributed by atoms with Gasteiger partial charge in [-0.05, 0) is 42.5 Å². The van der Waals surface area contributed by atoms with E-state index in [9.17, 15) is 0 Å². The minimum atomic E-state index is 0. The Kier molecular flexibility index (Phi) is 8.70. The van der Waals surface area contributed by atoms with Crippen molar-refractivity contribution in [3.05, 3.63) is 41.2 Å². The van der Waals surface area contributed by atoms with Gasteiger partial charge in [0.05, 0.1) is 6.26 Å². The van der Waals surface area contributed by atoms with Crippen molar-refractivity contribution < 1.29 is 42.9 Å². The molecule has 0 saturated carbocycles. The summed E-state index contributed by atoms with van der Waals surface area (Å²) < 4.78 is 0. The van der Waals surface area contributed by atoms with Crippen molar-refractivity contribution in [2.45, 2.75) is 25.8 Å². The maximum Gasteiger partial charge on any atom is 0.0797 e. The minimum Gasteiger partial charge on any atom is -0.516 e. The van der Waals surface area contributed by atoms with E-state index in [1.54, 1.807) is 13.0 Å². The standard InChI is InChI=1S/C11H13NO.C2H6O.Y/c12-11-4-2-9-7-8(5-6-13)1-3-10(9)11;1-2-3;/h1,3,5-7,11,13H,2,4,12H2;3H,2H2,1H3;/b6-5+;;. The van der Waals surface area contributed by atoms with Gasteiger partial charge in [0.1, 0.15) is 0 Å². The van der Waals surface area contributed by atoms with Crippen LogP contribution in [0.15, 0.2) is 24.5 Å². The molecule has 1 aromatic rings. The topological polar surface area (TPSA) is 66.5 Å². The average molecular weight is 310 g/mol. The van der Waals surface area contributed by atoms with Gasteiger partial charge < -0.3 is 15.9 Å². The van der Waals surface area contributed by atoms with Crippen LogP contribution in [0.4, 0.5) is 0 Å². The normalized spacial score (nSPS) is 17.0. The smallest absolute Gasteiger partial charge is 0.0797 e. The molecule has 0 saturated heterocycles. The molecule has 4 N–H and O–H groups in total. The number of benzene rings is 1. The molecule has 4 heteroatoms. The molecule has 0 fully saturated rings. The minimum absolute atomic E-state index is 0. The molecule has 1 unspecified atom stereocenters. The maximum atomic E-state index is 8.61. The molecule has 1 aliphatic carbocycles. The van der Waals surface area contributed by atoms with Gasteiger partial charge in [-0.3, -0.25) is 0 Å². The van der Waals surface area contributed by atoms with Crippen molar-refractivity contribution in [2.75, 3.05) is 6.61 Å². The van der Waals surface area contributed by atoms with E-state index in [0.717, 1.165) is 24.7 Å². The number of aliphatic hydroxyl groups is 2. The van der Waals surface area contributed by atoms with E-state index >= 15 is 0 Å². The number of rotatable bonds is 1. The molecule has 1 radical (unpaired) electrons. The fraction of sp³-hybridized carbons (Fsp3) is 0.385. The first-order valence-corrected chi connectivity index (χ1v) is 5.53. The zero-order chi connectivity index (χ0) is 12.0. The largest absolute Gasteiger partial charge is 0.516 e. The van der Waals surface area contributed by atoms with Crippen LogP contribution in [0, 0.1) is 0 Å². The molecule has 3 nitrogen and oxygen atoms in total. The Morgan fingerprint density at radius 3 is 2.71 bits per heavy atom. The first-order valence-electron chi connectivity index (χ1n) is 5.53. The average Bonchev–Trinajstić information content (AvgIpc) is 2.62. The van der Waals surface area contributed by atoms with Gasteiger partial charge in [-0.1, -0.05) is 18.2 Å². The van der Waals surface area contributed by atoms with Gasteiger partial charge in [-0.15, -0.1) is 0 Å². The number of fused-ring (bicyclic) bond motifs is 1. The summed E-state index contributed by atoms with van der Waals surface area (Å²) in [6, 6.07) is 6.34. The summed E-state index contributed by atoms with van der Waals surface area (Å²) in [5.74, 6) is 0. The van der Waals surface area contributed by atoms with E-state index in [2.05, 4.69) is 12.1 Å². The van der Waals surface area contributed by atoms with E-state index in [0.29, 0.717) is 0 Å². The maximum absolute atomic E-state index is 8.61. The summed E-state index contributed by atoms with van der Waals surface area (Å²) in [7, 11) is 0. The molecular weight excluding hydrogens is 291 g/mol. The molecule has 1 aromatic carbocycles. The molecule has 0 spiro atoms. The fourth-order valence-electron chi connectivity index (χ4n) is 1.86. The molecule has 0 aliphatic heterocycles. The summed E-state index contributed by atoms with van der Waals surface area (Å²) in [5.41, 5.74) is 9.52. The van der Waals surface area contributed by atoms with Crippen LogP contribution in [-0.4, -0.2) is 16.8 Å². The van der Waals surface area contributed by atoms with Gasteiger partial charge in [0.2, 0.25) is 0 Å². The first-order chi connectivity index (χ1) is 7.72. The second kappa shape index (κ2) is 8.81. The summed E-state index contributed by atoms with van der Waals surface area (Å²) >= 11 is 0. The van der Waals surface area contributed by atoms with Crippen molar-refractivity contribution in [3.8, 4) is 0 Å². The fourth-order valence-corrected chi connectivity index (χ4v) is 1.86. The van der Waals surface area contributed by atoms with Crippen LogP contribution in [0.3, 0.4) is 0 Å². The summed E-state index contributed by atoms with van der Waals surface area (Å²) in [4.78, 5) is 0. The molecule has 0 amide bonds. The van der Waals surface area contributed by atoms with Crippen molar-refractivity contribution in [1.29, 1.82) is 0 Å². The van der Waals surface area contributed by atoms with Crippen LogP contribution in [0.5, 0.6) is 0 Å². The SMILES string of the molecule is CCO.NC1CCc2cc(/C=C/O)ccc21.[Y]. The molecule has 0 aromatic heterocycles.